The van der Waals surface area contributed by atoms with E-state index in [1.165, 1.54) is 19.3 Å². The Morgan fingerprint density at radius 2 is 1.93 bits per heavy atom. The Morgan fingerprint density at radius 1 is 1.27 bits per heavy atom. The van der Waals surface area contributed by atoms with Gasteiger partial charge < -0.3 is 5.11 Å². The average Bonchev–Trinajstić information content (AvgIpc) is 2.55. The van der Waals surface area contributed by atoms with Gasteiger partial charge in [0.2, 0.25) is 0 Å². The zero-order valence-corrected chi connectivity index (χ0v) is 9.46. The number of hydrogen-bond donors (Lipinski definition) is 1. The lowest BCUT2D eigenvalue weighted by Gasteiger charge is -2.22. The van der Waals surface area contributed by atoms with Crippen molar-refractivity contribution in [3.63, 3.8) is 0 Å². The lowest BCUT2D eigenvalue weighted by atomic mass is 9.83. The highest BCUT2D eigenvalue weighted by molar-refractivity contribution is 5.99. The number of rotatable bonds is 2. The van der Waals surface area contributed by atoms with Crippen molar-refractivity contribution >= 4 is 5.78 Å². The second-order valence-electron chi connectivity index (χ2n) is 4.87. The summed E-state index contributed by atoms with van der Waals surface area (Å²) in [6, 6.07) is 0. The minimum atomic E-state index is 0.120. The van der Waals surface area contributed by atoms with E-state index in [-0.39, 0.29) is 11.7 Å². The van der Waals surface area contributed by atoms with Crippen molar-refractivity contribution in [1.82, 2.24) is 0 Å². The largest absolute Gasteiger partial charge is 0.512 e. The standard InChI is InChI=1S/C13H20O2/c1-2-9-8-11(14)12(13(9)15)10-6-4-3-5-7-10/h9-10,15H,2-8H2,1H3. The van der Waals surface area contributed by atoms with E-state index >= 15 is 0 Å². The molecule has 2 nitrogen and oxygen atoms in total. The third kappa shape index (κ3) is 1.95. The molecule has 0 spiro atoms. The third-order valence-corrected chi connectivity index (χ3v) is 3.90. The molecule has 84 valence electrons. The van der Waals surface area contributed by atoms with Crippen LogP contribution in [-0.4, -0.2) is 10.9 Å². The summed E-state index contributed by atoms with van der Waals surface area (Å²) in [5, 5.41) is 10.0. The molecular formula is C13H20O2. The number of carbonyl (C=O) groups is 1. The Morgan fingerprint density at radius 3 is 2.47 bits per heavy atom. The first-order valence-corrected chi connectivity index (χ1v) is 6.20. The fraction of sp³-hybridized carbons (Fsp3) is 0.769. The molecular weight excluding hydrogens is 188 g/mol. The van der Waals surface area contributed by atoms with E-state index in [4.69, 9.17) is 0 Å². The number of aliphatic hydroxyl groups is 1. The van der Waals surface area contributed by atoms with E-state index in [9.17, 15) is 9.90 Å². The van der Waals surface area contributed by atoms with Gasteiger partial charge in [0.1, 0.15) is 5.76 Å². The molecule has 1 atom stereocenters. The molecule has 1 fully saturated rings. The van der Waals surface area contributed by atoms with Crippen molar-refractivity contribution < 1.29 is 9.90 Å². The Labute approximate surface area is 91.4 Å². The molecule has 1 saturated carbocycles. The summed E-state index contributed by atoms with van der Waals surface area (Å²) < 4.78 is 0. The summed E-state index contributed by atoms with van der Waals surface area (Å²) in [6.07, 6.45) is 7.35. The maximum atomic E-state index is 11.8. The van der Waals surface area contributed by atoms with Crippen LogP contribution in [0, 0.1) is 11.8 Å². The minimum Gasteiger partial charge on any atom is -0.512 e. The average molecular weight is 208 g/mol. The molecule has 0 amide bonds. The Hall–Kier alpha value is -0.790. The number of Topliss-reactive ketones (excluding diaryl/α,β-unsaturated/α-hetero) is 1. The van der Waals surface area contributed by atoms with Gasteiger partial charge in [-0.2, -0.15) is 0 Å². The predicted octanol–water partition coefficient (Wildman–Crippen LogP) is 3.38. The topological polar surface area (TPSA) is 37.3 Å². The molecule has 0 bridgehead atoms. The van der Waals surface area contributed by atoms with Crippen LogP contribution in [0.5, 0.6) is 0 Å². The first-order valence-electron chi connectivity index (χ1n) is 6.20. The van der Waals surface area contributed by atoms with E-state index in [1.54, 1.807) is 0 Å². The second kappa shape index (κ2) is 4.38. The van der Waals surface area contributed by atoms with Crippen molar-refractivity contribution in [3.8, 4) is 0 Å². The summed E-state index contributed by atoms with van der Waals surface area (Å²) in [6.45, 7) is 2.04. The smallest absolute Gasteiger partial charge is 0.163 e. The van der Waals surface area contributed by atoms with Gasteiger partial charge in [-0.1, -0.05) is 26.2 Å². The molecule has 2 aliphatic rings. The van der Waals surface area contributed by atoms with Gasteiger partial charge in [0.15, 0.2) is 5.78 Å². The van der Waals surface area contributed by atoms with Crippen LogP contribution in [0.25, 0.3) is 0 Å². The van der Waals surface area contributed by atoms with Crippen molar-refractivity contribution in [2.45, 2.75) is 51.9 Å². The van der Waals surface area contributed by atoms with Crippen LogP contribution in [0.3, 0.4) is 0 Å². The van der Waals surface area contributed by atoms with Gasteiger partial charge in [-0.25, -0.2) is 0 Å². The molecule has 2 aliphatic carbocycles. The van der Waals surface area contributed by atoms with E-state index in [0.29, 0.717) is 18.1 Å². The molecule has 0 radical (unpaired) electrons. The zero-order chi connectivity index (χ0) is 10.8. The second-order valence-corrected chi connectivity index (χ2v) is 4.87. The van der Waals surface area contributed by atoms with E-state index in [2.05, 4.69) is 0 Å². The molecule has 15 heavy (non-hydrogen) atoms. The van der Waals surface area contributed by atoms with Gasteiger partial charge in [0.25, 0.3) is 0 Å². The third-order valence-electron chi connectivity index (χ3n) is 3.90. The number of hydrogen-bond acceptors (Lipinski definition) is 2. The van der Waals surface area contributed by atoms with Crippen molar-refractivity contribution in [2.24, 2.45) is 11.8 Å². The van der Waals surface area contributed by atoms with E-state index < -0.39 is 0 Å². The molecule has 0 aliphatic heterocycles. The summed E-state index contributed by atoms with van der Waals surface area (Å²) in [7, 11) is 0. The van der Waals surface area contributed by atoms with Crippen molar-refractivity contribution in [1.29, 1.82) is 0 Å². The van der Waals surface area contributed by atoms with Crippen LogP contribution in [-0.2, 0) is 4.79 Å². The van der Waals surface area contributed by atoms with Crippen molar-refractivity contribution in [3.05, 3.63) is 11.3 Å². The summed E-state index contributed by atoms with van der Waals surface area (Å²) in [4.78, 5) is 11.8. The van der Waals surface area contributed by atoms with Crippen LogP contribution in [0.4, 0.5) is 0 Å². The van der Waals surface area contributed by atoms with Gasteiger partial charge in [-0.3, -0.25) is 4.79 Å². The Bertz CT molecular complexity index is 285. The van der Waals surface area contributed by atoms with Crippen molar-refractivity contribution in [2.75, 3.05) is 0 Å². The molecule has 1 unspecified atom stereocenters. The molecule has 0 heterocycles. The Kier molecular flexibility index (Phi) is 3.13. The van der Waals surface area contributed by atoms with Crippen LogP contribution >= 0.6 is 0 Å². The van der Waals surface area contributed by atoms with Crippen LogP contribution < -0.4 is 0 Å². The van der Waals surface area contributed by atoms with Crippen LogP contribution in [0.2, 0.25) is 0 Å². The molecule has 1 N–H and O–H groups in total. The summed E-state index contributed by atoms with van der Waals surface area (Å²) >= 11 is 0. The van der Waals surface area contributed by atoms with Gasteiger partial charge in [-0.15, -0.1) is 0 Å². The van der Waals surface area contributed by atoms with Crippen LogP contribution in [0.15, 0.2) is 11.3 Å². The lowest BCUT2D eigenvalue weighted by molar-refractivity contribution is -0.115. The minimum absolute atomic E-state index is 0.120. The summed E-state index contributed by atoms with van der Waals surface area (Å²) in [5.74, 6) is 1.12. The number of aliphatic hydroxyl groups excluding tert-OH is 1. The highest BCUT2D eigenvalue weighted by Gasteiger charge is 2.35. The quantitative estimate of drug-likeness (QED) is 0.755. The molecule has 2 rings (SSSR count). The maximum absolute atomic E-state index is 11.8. The predicted molar refractivity (Wildman–Crippen MR) is 59.6 cm³/mol. The zero-order valence-electron chi connectivity index (χ0n) is 9.46. The van der Waals surface area contributed by atoms with Gasteiger partial charge >= 0.3 is 0 Å². The molecule has 0 aromatic rings. The highest BCUT2D eigenvalue weighted by atomic mass is 16.3. The monoisotopic (exact) mass is 208 g/mol. The molecule has 2 heteroatoms. The molecule has 0 aromatic carbocycles. The molecule has 0 saturated heterocycles. The maximum Gasteiger partial charge on any atom is 0.163 e. The number of ketones is 1. The highest BCUT2D eigenvalue weighted by Crippen LogP contribution is 2.39. The van der Waals surface area contributed by atoms with Gasteiger partial charge in [0.05, 0.1) is 0 Å². The van der Waals surface area contributed by atoms with Gasteiger partial charge in [0, 0.05) is 17.9 Å². The van der Waals surface area contributed by atoms with E-state index in [0.717, 1.165) is 24.8 Å². The first-order chi connectivity index (χ1) is 7.24. The number of carbonyl (C=O) groups excluding carboxylic acids is 1. The van der Waals surface area contributed by atoms with Crippen LogP contribution in [0.1, 0.15) is 51.9 Å². The Balaban J connectivity index is 2.17. The number of allylic oxidation sites excluding steroid dienone is 2. The lowest BCUT2D eigenvalue weighted by Crippen LogP contribution is -2.14. The summed E-state index contributed by atoms with van der Waals surface area (Å²) in [5.41, 5.74) is 0.793. The first kappa shape index (κ1) is 10.7. The van der Waals surface area contributed by atoms with E-state index in [1.807, 2.05) is 6.92 Å². The fourth-order valence-corrected chi connectivity index (χ4v) is 2.96. The SMILES string of the molecule is CCC1CC(=O)C(C2CCCCC2)=C1O. The normalized spacial score (nSPS) is 28.9. The fourth-order valence-electron chi connectivity index (χ4n) is 2.96. The van der Waals surface area contributed by atoms with Gasteiger partial charge in [-0.05, 0) is 25.2 Å². The molecule has 0 aromatic heterocycles.